The third-order valence-electron chi connectivity index (χ3n) is 4.44. The van der Waals surface area contributed by atoms with Gasteiger partial charge in [0.2, 0.25) is 5.95 Å². The van der Waals surface area contributed by atoms with E-state index in [4.69, 9.17) is 4.42 Å². The lowest BCUT2D eigenvalue weighted by atomic mass is 10.0. The van der Waals surface area contributed by atoms with Crippen LogP contribution in [0.5, 0.6) is 0 Å². The van der Waals surface area contributed by atoms with Gasteiger partial charge in [0.1, 0.15) is 5.00 Å². The standard InChI is InChI=1S/C22H21N5O2S/c1-13-10-14(2)25-22(24-13)26-19(16-6-4-8-23-12-16)17-11-15(3)30-21(17)27-20(28)18-7-5-9-29-18/h4-12,19H,1-3H3,(H,27,28)(H,24,25,26)/t19-/m1/s1. The van der Waals surface area contributed by atoms with Crippen LogP contribution in [0, 0.1) is 20.8 Å². The Bertz CT molecular complexity index is 1140. The molecule has 0 saturated heterocycles. The molecule has 0 saturated carbocycles. The van der Waals surface area contributed by atoms with E-state index in [0.29, 0.717) is 5.95 Å². The molecule has 4 aromatic heterocycles. The van der Waals surface area contributed by atoms with Gasteiger partial charge in [-0.1, -0.05) is 6.07 Å². The number of rotatable bonds is 6. The van der Waals surface area contributed by atoms with E-state index in [-0.39, 0.29) is 17.7 Å². The molecule has 0 aliphatic carbocycles. The summed E-state index contributed by atoms with van der Waals surface area (Å²) in [5.74, 6) is 0.486. The van der Waals surface area contributed by atoms with Crippen LogP contribution < -0.4 is 10.6 Å². The predicted octanol–water partition coefficient (Wildman–Crippen LogP) is 4.91. The maximum atomic E-state index is 12.6. The number of anilines is 2. The van der Waals surface area contributed by atoms with Gasteiger partial charge in [0, 0.05) is 34.2 Å². The minimum Gasteiger partial charge on any atom is -0.459 e. The number of carbonyl (C=O) groups is 1. The van der Waals surface area contributed by atoms with Crippen molar-refractivity contribution in [3.8, 4) is 0 Å². The van der Waals surface area contributed by atoms with E-state index in [1.165, 1.54) is 17.6 Å². The first-order valence-corrected chi connectivity index (χ1v) is 10.2. The summed E-state index contributed by atoms with van der Waals surface area (Å²) in [5.41, 5.74) is 3.60. The highest BCUT2D eigenvalue weighted by molar-refractivity contribution is 7.16. The van der Waals surface area contributed by atoms with E-state index in [9.17, 15) is 4.79 Å². The number of amides is 1. The van der Waals surface area contributed by atoms with Crippen LogP contribution in [0.15, 0.2) is 59.5 Å². The summed E-state index contributed by atoms with van der Waals surface area (Å²) < 4.78 is 5.23. The van der Waals surface area contributed by atoms with Crippen LogP contribution in [0.3, 0.4) is 0 Å². The lowest BCUT2D eigenvalue weighted by molar-refractivity contribution is 0.0997. The van der Waals surface area contributed by atoms with Crippen molar-refractivity contribution in [3.05, 3.63) is 88.2 Å². The molecule has 0 aliphatic rings. The van der Waals surface area contributed by atoms with Crippen molar-refractivity contribution in [2.45, 2.75) is 26.8 Å². The second-order valence-electron chi connectivity index (χ2n) is 6.91. The summed E-state index contributed by atoms with van der Waals surface area (Å²) in [5, 5.41) is 7.14. The number of nitrogens with one attached hydrogen (secondary N) is 2. The van der Waals surface area contributed by atoms with Gasteiger partial charge >= 0.3 is 0 Å². The minimum absolute atomic E-state index is 0.260. The topological polar surface area (TPSA) is 92.9 Å². The van der Waals surface area contributed by atoms with Gasteiger partial charge in [-0.25, -0.2) is 9.97 Å². The Hall–Kier alpha value is -3.52. The average Bonchev–Trinajstić information content (AvgIpc) is 3.36. The van der Waals surface area contributed by atoms with E-state index in [1.807, 2.05) is 39.0 Å². The van der Waals surface area contributed by atoms with Crippen LogP contribution in [-0.4, -0.2) is 20.9 Å². The average molecular weight is 420 g/mol. The maximum absolute atomic E-state index is 12.6. The zero-order chi connectivity index (χ0) is 21.1. The smallest absolute Gasteiger partial charge is 0.291 e. The fraction of sp³-hybridized carbons (Fsp3) is 0.182. The fourth-order valence-corrected chi connectivity index (χ4v) is 4.17. The molecule has 30 heavy (non-hydrogen) atoms. The van der Waals surface area contributed by atoms with Gasteiger partial charge in [0.15, 0.2) is 5.76 Å². The van der Waals surface area contributed by atoms with Gasteiger partial charge < -0.3 is 15.1 Å². The molecule has 152 valence electrons. The molecule has 0 spiro atoms. The summed E-state index contributed by atoms with van der Waals surface area (Å²) in [6.45, 7) is 5.87. The molecule has 0 unspecified atom stereocenters. The predicted molar refractivity (Wildman–Crippen MR) is 117 cm³/mol. The number of aryl methyl sites for hydroxylation is 3. The summed E-state index contributed by atoms with van der Waals surface area (Å²) in [4.78, 5) is 27.0. The van der Waals surface area contributed by atoms with Crippen LogP contribution in [0.4, 0.5) is 10.9 Å². The van der Waals surface area contributed by atoms with Crippen molar-refractivity contribution in [2.24, 2.45) is 0 Å². The van der Waals surface area contributed by atoms with Crippen LogP contribution >= 0.6 is 11.3 Å². The van der Waals surface area contributed by atoms with Crippen molar-refractivity contribution in [1.82, 2.24) is 15.0 Å². The van der Waals surface area contributed by atoms with Crippen LogP contribution in [0.25, 0.3) is 0 Å². The van der Waals surface area contributed by atoms with Crippen molar-refractivity contribution in [3.63, 3.8) is 0 Å². The quantitative estimate of drug-likeness (QED) is 0.461. The van der Waals surface area contributed by atoms with Crippen molar-refractivity contribution in [2.75, 3.05) is 10.6 Å². The summed E-state index contributed by atoms with van der Waals surface area (Å²) in [6, 6.07) is 10.9. The number of carbonyl (C=O) groups excluding carboxylic acids is 1. The second-order valence-corrected chi connectivity index (χ2v) is 8.17. The summed E-state index contributed by atoms with van der Waals surface area (Å²) in [7, 11) is 0. The number of hydrogen-bond donors (Lipinski definition) is 2. The van der Waals surface area contributed by atoms with Gasteiger partial charge in [-0.15, -0.1) is 11.3 Å². The molecular formula is C22H21N5O2S. The maximum Gasteiger partial charge on any atom is 0.291 e. The third kappa shape index (κ3) is 4.38. The van der Waals surface area contributed by atoms with Crippen LogP contribution in [-0.2, 0) is 0 Å². The molecular weight excluding hydrogens is 398 g/mol. The molecule has 8 heteroatoms. The van der Waals surface area contributed by atoms with Crippen molar-refractivity contribution >= 4 is 28.2 Å². The Morgan fingerprint density at radius 3 is 2.57 bits per heavy atom. The summed E-state index contributed by atoms with van der Waals surface area (Å²) >= 11 is 1.50. The Morgan fingerprint density at radius 1 is 1.10 bits per heavy atom. The third-order valence-corrected chi connectivity index (χ3v) is 5.42. The molecule has 4 aromatic rings. The van der Waals surface area contributed by atoms with Crippen molar-refractivity contribution < 1.29 is 9.21 Å². The molecule has 2 N–H and O–H groups in total. The lowest BCUT2D eigenvalue weighted by Crippen LogP contribution is -2.18. The summed E-state index contributed by atoms with van der Waals surface area (Å²) in [6.07, 6.45) is 5.00. The zero-order valence-corrected chi connectivity index (χ0v) is 17.7. The largest absolute Gasteiger partial charge is 0.459 e. The van der Waals surface area contributed by atoms with E-state index in [1.54, 1.807) is 24.5 Å². The first kappa shape index (κ1) is 19.8. The zero-order valence-electron chi connectivity index (χ0n) is 16.8. The highest BCUT2D eigenvalue weighted by Crippen LogP contribution is 2.37. The Labute approximate surface area is 178 Å². The number of furan rings is 1. The van der Waals surface area contributed by atoms with E-state index in [2.05, 4.69) is 31.7 Å². The number of pyridine rings is 1. The monoisotopic (exact) mass is 419 g/mol. The van der Waals surface area contributed by atoms with Gasteiger partial charge in [0.25, 0.3) is 5.91 Å². The van der Waals surface area contributed by atoms with E-state index < -0.39 is 0 Å². The lowest BCUT2D eigenvalue weighted by Gasteiger charge is -2.20. The number of hydrogen-bond acceptors (Lipinski definition) is 7. The highest BCUT2D eigenvalue weighted by atomic mass is 32.1. The SMILES string of the molecule is Cc1cc(C)nc(N[C@H](c2cccnc2)c2cc(C)sc2NC(=O)c2ccco2)n1. The Kier molecular flexibility index (Phi) is 5.58. The Morgan fingerprint density at radius 2 is 1.90 bits per heavy atom. The minimum atomic E-state index is -0.296. The fourth-order valence-electron chi connectivity index (χ4n) is 3.23. The molecule has 1 amide bonds. The second kappa shape index (κ2) is 8.46. The number of nitrogens with zero attached hydrogens (tertiary/aromatic N) is 3. The molecule has 4 heterocycles. The van der Waals surface area contributed by atoms with Gasteiger partial charge in [-0.2, -0.15) is 0 Å². The molecule has 0 bridgehead atoms. The van der Waals surface area contributed by atoms with Gasteiger partial charge in [-0.3, -0.25) is 9.78 Å². The van der Waals surface area contributed by atoms with Crippen LogP contribution in [0.1, 0.15) is 44.0 Å². The molecule has 0 aromatic carbocycles. The van der Waals surface area contributed by atoms with Crippen molar-refractivity contribution in [1.29, 1.82) is 0 Å². The van der Waals surface area contributed by atoms with E-state index in [0.717, 1.165) is 32.4 Å². The highest BCUT2D eigenvalue weighted by Gasteiger charge is 2.23. The first-order valence-electron chi connectivity index (χ1n) is 9.43. The number of thiophene rings is 1. The normalized spacial score (nSPS) is 11.8. The van der Waals surface area contributed by atoms with Gasteiger partial charge in [-0.05, 0) is 56.7 Å². The van der Waals surface area contributed by atoms with Crippen LogP contribution in [0.2, 0.25) is 0 Å². The van der Waals surface area contributed by atoms with Gasteiger partial charge in [0.05, 0.1) is 12.3 Å². The molecule has 7 nitrogen and oxygen atoms in total. The number of aromatic nitrogens is 3. The first-order chi connectivity index (χ1) is 14.5. The van der Waals surface area contributed by atoms with E-state index >= 15 is 0 Å². The molecule has 0 fully saturated rings. The molecule has 4 rings (SSSR count). The molecule has 0 aliphatic heterocycles. The Balaban J connectivity index is 1.73. The molecule has 1 atom stereocenters. The molecule has 0 radical (unpaired) electrons.